The zero-order valence-electron chi connectivity index (χ0n) is 15.7. The van der Waals surface area contributed by atoms with Crippen LogP contribution in [-0.2, 0) is 11.3 Å². The van der Waals surface area contributed by atoms with Gasteiger partial charge in [0.25, 0.3) is 5.56 Å². The molecule has 2 aromatic heterocycles. The Morgan fingerprint density at radius 2 is 2.19 bits per heavy atom. The molecule has 0 spiro atoms. The van der Waals surface area contributed by atoms with Gasteiger partial charge in [-0.05, 0) is 39.0 Å². The first-order valence-corrected chi connectivity index (χ1v) is 10.1. The first-order chi connectivity index (χ1) is 12.5. The average Bonchev–Trinajstić information content (AvgIpc) is 3.07. The number of nitrogens with zero attached hydrogens (tertiary/aromatic N) is 3. The van der Waals surface area contributed by atoms with Gasteiger partial charge in [-0.3, -0.25) is 9.59 Å². The first-order valence-electron chi connectivity index (χ1n) is 9.28. The maximum Gasteiger partial charge on any atom is 0.294 e. The minimum absolute atomic E-state index is 0.0663. The molecule has 0 aliphatic heterocycles. The van der Waals surface area contributed by atoms with Crippen molar-refractivity contribution in [2.75, 3.05) is 6.54 Å². The number of allylic oxidation sites excluding steroid dienone is 1. The molecule has 0 saturated heterocycles. The summed E-state index contributed by atoms with van der Waals surface area (Å²) in [6, 6.07) is 0. The molecule has 3 rings (SSSR count). The summed E-state index contributed by atoms with van der Waals surface area (Å²) in [5, 5.41) is 8.13. The highest BCUT2D eigenvalue weighted by molar-refractivity contribution is 7.18. The Labute approximate surface area is 157 Å². The Morgan fingerprint density at radius 1 is 1.38 bits per heavy atom. The lowest BCUT2D eigenvalue weighted by molar-refractivity contribution is -0.121. The highest BCUT2D eigenvalue weighted by atomic mass is 32.1. The number of fused-ring (bicyclic) bond motifs is 1. The Bertz CT molecular complexity index is 895. The standard InChI is InChI=1S/C19H26N4O2S/c1-12(2)18-21-16-17(26-18)13(3)22-23(19(16)25)11-15(24)20-10-9-14-7-5-4-6-8-14/h7,12H,4-6,8-11H2,1-3H3,(H,20,24). The van der Waals surface area contributed by atoms with Gasteiger partial charge < -0.3 is 5.32 Å². The lowest BCUT2D eigenvalue weighted by Gasteiger charge is -2.13. The molecular formula is C19H26N4O2S. The van der Waals surface area contributed by atoms with Gasteiger partial charge in [-0.1, -0.05) is 25.5 Å². The Hall–Kier alpha value is -2.02. The van der Waals surface area contributed by atoms with E-state index in [-0.39, 0.29) is 23.9 Å². The molecule has 2 aromatic rings. The molecule has 6 nitrogen and oxygen atoms in total. The zero-order valence-corrected chi connectivity index (χ0v) is 16.5. The van der Waals surface area contributed by atoms with Crippen LogP contribution in [0.1, 0.15) is 62.6 Å². The van der Waals surface area contributed by atoms with E-state index < -0.39 is 0 Å². The molecule has 1 aliphatic rings. The van der Waals surface area contributed by atoms with Gasteiger partial charge in [0.15, 0.2) is 5.52 Å². The van der Waals surface area contributed by atoms with Crippen molar-refractivity contribution in [3.05, 3.63) is 32.7 Å². The second-order valence-corrected chi connectivity index (χ2v) is 8.17. The van der Waals surface area contributed by atoms with Crippen LogP contribution in [0.25, 0.3) is 10.2 Å². The van der Waals surface area contributed by atoms with Crippen LogP contribution in [0.3, 0.4) is 0 Å². The van der Waals surface area contributed by atoms with Gasteiger partial charge in [-0.25, -0.2) is 9.67 Å². The van der Waals surface area contributed by atoms with Crippen molar-refractivity contribution in [2.24, 2.45) is 0 Å². The molecule has 2 heterocycles. The molecule has 0 unspecified atom stereocenters. The van der Waals surface area contributed by atoms with Crippen LogP contribution in [0.2, 0.25) is 0 Å². The smallest absolute Gasteiger partial charge is 0.294 e. The number of thiazole rings is 1. The summed E-state index contributed by atoms with van der Waals surface area (Å²) in [4.78, 5) is 29.3. The number of hydrogen-bond acceptors (Lipinski definition) is 5. The van der Waals surface area contributed by atoms with Gasteiger partial charge in [0.05, 0.1) is 15.4 Å². The number of carbonyl (C=O) groups is 1. The van der Waals surface area contributed by atoms with Crippen LogP contribution >= 0.6 is 11.3 Å². The van der Waals surface area contributed by atoms with Crippen LogP contribution in [0.5, 0.6) is 0 Å². The van der Waals surface area contributed by atoms with Gasteiger partial charge >= 0.3 is 0 Å². The number of amides is 1. The first kappa shape index (κ1) is 18.8. The number of aromatic nitrogens is 3. The third-order valence-corrected chi connectivity index (χ3v) is 6.09. The van der Waals surface area contributed by atoms with Crippen LogP contribution < -0.4 is 10.9 Å². The molecule has 1 amide bonds. The average molecular weight is 375 g/mol. The second-order valence-electron chi connectivity index (χ2n) is 7.14. The van der Waals surface area contributed by atoms with E-state index in [1.54, 1.807) is 0 Å². The Morgan fingerprint density at radius 3 is 2.88 bits per heavy atom. The predicted molar refractivity (Wildman–Crippen MR) is 105 cm³/mol. The minimum atomic E-state index is -0.293. The van der Waals surface area contributed by atoms with E-state index in [0.29, 0.717) is 12.1 Å². The zero-order chi connectivity index (χ0) is 18.7. The van der Waals surface area contributed by atoms with Crippen LogP contribution in [0, 0.1) is 6.92 Å². The minimum Gasteiger partial charge on any atom is -0.354 e. The van der Waals surface area contributed by atoms with Crippen LogP contribution in [0.15, 0.2) is 16.4 Å². The van der Waals surface area contributed by atoms with E-state index in [2.05, 4.69) is 21.5 Å². The molecule has 140 valence electrons. The van der Waals surface area contributed by atoms with Crippen molar-refractivity contribution in [3.63, 3.8) is 0 Å². The van der Waals surface area contributed by atoms with E-state index >= 15 is 0 Å². The van der Waals surface area contributed by atoms with Gasteiger partial charge in [-0.2, -0.15) is 5.10 Å². The fraction of sp³-hybridized carbons (Fsp3) is 0.579. The van der Waals surface area contributed by atoms with Gasteiger partial charge in [0.1, 0.15) is 6.54 Å². The number of nitrogens with one attached hydrogen (secondary N) is 1. The van der Waals surface area contributed by atoms with Crippen LogP contribution in [-0.4, -0.2) is 27.2 Å². The fourth-order valence-electron chi connectivity index (χ4n) is 3.16. The lowest BCUT2D eigenvalue weighted by Crippen LogP contribution is -2.34. The van der Waals surface area contributed by atoms with E-state index in [9.17, 15) is 9.59 Å². The molecule has 0 bridgehead atoms. The summed E-state index contributed by atoms with van der Waals surface area (Å²) in [5.74, 6) is 0.0751. The highest BCUT2D eigenvalue weighted by Crippen LogP contribution is 2.26. The monoisotopic (exact) mass is 374 g/mol. The molecular weight excluding hydrogens is 348 g/mol. The summed E-state index contributed by atoms with van der Waals surface area (Å²) in [6.45, 7) is 6.49. The molecule has 0 saturated carbocycles. The molecule has 1 N–H and O–H groups in total. The topological polar surface area (TPSA) is 76.9 Å². The van der Waals surface area contributed by atoms with E-state index in [1.807, 2.05) is 20.8 Å². The van der Waals surface area contributed by atoms with Gasteiger partial charge in [-0.15, -0.1) is 11.3 Å². The SMILES string of the molecule is Cc1nn(CC(=O)NCCC2=CCCCC2)c(=O)c2nc(C(C)C)sc12. The summed E-state index contributed by atoms with van der Waals surface area (Å²) in [5.41, 5.74) is 2.29. The normalized spacial score (nSPS) is 14.7. The molecule has 0 fully saturated rings. The fourth-order valence-corrected chi connectivity index (χ4v) is 4.16. The predicted octanol–water partition coefficient (Wildman–Crippen LogP) is 3.29. The van der Waals surface area contributed by atoms with Crippen molar-refractivity contribution < 1.29 is 4.79 Å². The summed E-state index contributed by atoms with van der Waals surface area (Å²) < 4.78 is 2.05. The number of rotatable bonds is 6. The molecule has 0 radical (unpaired) electrons. The van der Waals surface area contributed by atoms with Crippen molar-refractivity contribution >= 4 is 27.5 Å². The maximum atomic E-state index is 12.6. The van der Waals surface area contributed by atoms with Crippen LogP contribution in [0.4, 0.5) is 0 Å². The van der Waals surface area contributed by atoms with Crippen molar-refractivity contribution in [1.29, 1.82) is 0 Å². The summed E-state index contributed by atoms with van der Waals surface area (Å²) >= 11 is 1.51. The molecule has 0 atom stereocenters. The second kappa shape index (κ2) is 8.12. The summed E-state index contributed by atoms with van der Waals surface area (Å²) in [6.07, 6.45) is 7.96. The van der Waals surface area contributed by atoms with E-state index in [0.717, 1.165) is 34.7 Å². The largest absolute Gasteiger partial charge is 0.354 e. The number of hydrogen-bond donors (Lipinski definition) is 1. The van der Waals surface area contributed by atoms with Crippen molar-refractivity contribution in [2.45, 2.75) is 65.3 Å². The van der Waals surface area contributed by atoms with E-state index in [1.165, 1.54) is 34.4 Å². The quantitative estimate of drug-likeness (QED) is 0.787. The van der Waals surface area contributed by atoms with Gasteiger partial charge in [0, 0.05) is 12.5 Å². The lowest BCUT2D eigenvalue weighted by atomic mass is 9.97. The third kappa shape index (κ3) is 4.20. The van der Waals surface area contributed by atoms with E-state index in [4.69, 9.17) is 0 Å². The van der Waals surface area contributed by atoms with Crippen molar-refractivity contribution in [1.82, 2.24) is 20.1 Å². The maximum absolute atomic E-state index is 12.6. The number of aryl methyl sites for hydroxylation is 1. The molecule has 1 aliphatic carbocycles. The Balaban J connectivity index is 1.68. The molecule has 26 heavy (non-hydrogen) atoms. The van der Waals surface area contributed by atoms with Gasteiger partial charge in [0.2, 0.25) is 5.91 Å². The summed E-state index contributed by atoms with van der Waals surface area (Å²) in [7, 11) is 0. The van der Waals surface area contributed by atoms with Crippen molar-refractivity contribution in [3.8, 4) is 0 Å². The highest BCUT2D eigenvalue weighted by Gasteiger charge is 2.16. The molecule has 7 heteroatoms. The number of carbonyl (C=O) groups excluding carboxylic acids is 1. The third-order valence-electron chi connectivity index (χ3n) is 4.62. The molecule has 0 aromatic carbocycles. The Kier molecular flexibility index (Phi) is 5.86.